The first-order chi connectivity index (χ1) is 11.2. The van der Waals surface area contributed by atoms with Gasteiger partial charge in [0.2, 0.25) is 0 Å². The molecule has 1 aromatic rings. The molecule has 2 aliphatic rings. The number of ether oxygens (including phenoxy) is 1. The molecule has 2 aliphatic heterocycles. The van der Waals surface area contributed by atoms with Gasteiger partial charge >= 0.3 is 0 Å². The fourth-order valence-electron chi connectivity index (χ4n) is 3.36. The lowest BCUT2D eigenvalue weighted by Gasteiger charge is -2.32. The molecule has 1 aromatic carbocycles. The van der Waals surface area contributed by atoms with Gasteiger partial charge in [0.1, 0.15) is 5.75 Å². The van der Waals surface area contributed by atoms with Crippen molar-refractivity contribution in [3.05, 3.63) is 28.3 Å². The first-order valence-corrected chi connectivity index (χ1v) is 8.73. The first kappa shape index (κ1) is 16.6. The minimum Gasteiger partial charge on any atom is -0.492 e. The van der Waals surface area contributed by atoms with Crippen molar-refractivity contribution in [2.24, 2.45) is 5.73 Å². The van der Waals surface area contributed by atoms with Gasteiger partial charge in [0.15, 0.2) is 0 Å². The number of hydrogen-bond donors (Lipinski definition) is 2. The Balaban J connectivity index is 1.66. The van der Waals surface area contributed by atoms with Gasteiger partial charge in [0.25, 0.3) is 5.91 Å². The number of amides is 1. The highest BCUT2D eigenvalue weighted by atomic mass is 35.5. The molecule has 5 nitrogen and oxygen atoms in total. The molecule has 0 radical (unpaired) electrons. The lowest BCUT2D eigenvalue weighted by Crippen LogP contribution is -2.45. The van der Waals surface area contributed by atoms with Crippen LogP contribution in [0.2, 0.25) is 5.02 Å². The molecule has 1 fully saturated rings. The van der Waals surface area contributed by atoms with Crippen LogP contribution in [-0.2, 0) is 6.42 Å². The van der Waals surface area contributed by atoms with Crippen LogP contribution in [-0.4, -0.2) is 49.6 Å². The molecule has 2 heterocycles. The molecule has 0 aromatic heterocycles. The number of fused-ring (bicyclic) bond motifs is 1. The predicted octanol–water partition coefficient (Wildman–Crippen LogP) is 1.82. The average Bonchev–Trinajstić information content (AvgIpc) is 2.56. The number of likely N-dealkylation sites (tertiary alicyclic amines) is 1. The maximum Gasteiger partial charge on any atom is 0.255 e. The summed E-state index contributed by atoms with van der Waals surface area (Å²) >= 11 is 6.17. The first-order valence-electron chi connectivity index (χ1n) is 8.36. The van der Waals surface area contributed by atoms with E-state index in [2.05, 4.69) is 10.2 Å². The summed E-state index contributed by atoms with van der Waals surface area (Å²) in [6.07, 6.45) is 3.78. The standard InChI is InChI=1S/C17H24ClN3O2/c18-13-10-12-2-1-9-23-16(12)15(11-13)17(22)20-14-3-6-21(7-4-14)8-5-19/h10-11,14H,1-9,19H2,(H,20,22). The highest BCUT2D eigenvalue weighted by Gasteiger charge is 2.24. The maximum atomic E-state index is 12.7. The van der Waals surface area contributed by atoms with E-state index in [1.807, 2.05) is 6.07 Å². The van der Waals surface area contributed by atoms with Crippen LogP contribution >= 0.6 is 11.6 Å². The van der Waals surface area contributed by atoms with Crippen LogP contribution in [0.3, 0.4) is 0 Å². The molecule has 0 aliphatic carbocycles. The fourth-order valence-corrected chi connectivity index (χ4v) is 3.60. The second-order valence-corrected chi connectivity index (χ2v) is 6.71. The molecule has 0 atom stereocenters. The summed E-state index contributed by atoms with van der Waals surface area (Å²) in [6, 6.07) is 3.82. The minimum atomic E-state index is -0.0806. The minimum absolute atomic E-state index is 0.0806. The van der Waals surface area contributed by atoms with Crippen LogP contribution in [0, 0.1) is 0 Å². The van der Waals surface area contributed by atoms with E-state index in [-0.39, 0.29) is 11.9 Å². The number of aryl methyl sites for hydroxylation is 1. The van der Waals surface area contributed by atoms with Gasteiger partial charge < -0.3 is 20.7 Å². The van der Waals surface area contributed by atoms with Gasteiger partial charge in [0, 0.05) is 37.2 Å². The molecule has 1 saturated heterocycles. The summed E-state index contributed by atoms with van der Waals surface area (Å²) < 4.78 is 5.73. The van der Waals surface area contributed by atoms with Crippen molar-refractivity contribution in [1.29, 1.82) is 0 Å². The third kappa shape index (κ3) is 3.97. The van der Waals surface area contributed by atoms with E-state index in [1.54, 1.807) is 6.07 Å². The van der Waals surface area contributed by atoms with E-state index in [0.29, 0.717) is 29.5 Å². The smallest absolute Gasteiger partial charge is 0.255 e. The topological polar surface area (TPSA) is 67.6 Å². The Morgan fingerprint density at radius 2 is 2.17 bits per heavy atom. The van der Waals surface area contributed by atoms with Crippen molar-refractivity contribution in [1.82, 2.24) is 10.2 Å². The molecule has 0 saturated carbocycles. The lowest BCUT2D eigenvalue weighted by molar-refractivity contribution is 0.0907. The molecule has 0 unspecified atom stereocenters. The van der Waals surface area contributed by atoms with Crippen LogP contribution in [0.5, 0.6) is 5.75 Å². The second-order valence-electron chi connectivity index (χ2n) is 6.27. The van der Waals surface area contributed by atoms with Crippen LogP contribution in [0.25, 0.3) is 0 Å². The predicted molar refractivity (Wildman–Crippen MR) is 91.3 cm³/mol. The Kier molecular flexibility index (Phi) is 5.41. The number of benzene rings is 1. The zero-order valence-electron chi connectivity index (χ0n) is 13.3. The average molecular weight is 338 g/mol. The van der Waals surface area contributed by atoms with Gasteiger partial charge in [-0.15, -0.1) is 0 Å². The second kappa shape index (κ2) is 7.51. The number of rotatable bonds is 4. The summed E-state index contributed by atoms with van der Waals surface area (Å²) in [7, 11) is 0. The molecular formula is C17H24ClN3O2. The number of nitrogens with two attached hydrogens (primary N) is 1. The maximum absolute atomic E-state index is 12.7. The molecule has 23 heavy (non-hydrogen) atoms. The van der Waals surface area contributed by atoms with E-state index >= 15 is 0 Å². The molecule has 0 bridgehead atoms. The van der Waals surface area contributed by atoms with E-state index in [1.165, 1.54) is 0 Å². The Labute approximate surface area is 142 Å². The number of hydrogen-bond acceptors (Lipinski definition) is 4. The number of halogens is 1. The van der Waals surface area contributed by atoms with Crippen molar-refractivity contribution in [3.63, 3.8) is 0 Å². The van der Waals surface area contributed by atoms with Gasteiger partial charge in [0.05, 0.1) is 12.2 Å². The Bertz CT molecular complexity index is 571. The normalized spacial score (nSPS) is 19.0. The summed E-state index contributed by atoms with van der Waals surface area (Å²) in [5.41, 5.74) is 7.19. The Morgan fingerprint density at radius 3 is 2.91 bits per heavy atom. The Morgan fingerprint density at radius 1 is 1.39 bits per heavy atom. The van der Waals surface area contributed by atoms with Crippen molar-refractivity contribution < 1.29 is 9.53 Å². The molecule has 3 rings (SSSR count). The van der Waals surface area contributed by atoms with Crippen LogP contribution < -0.4 is 15.8 Å². The van der Waals surface area contributed by atoms with E-state index < -0.39 is 0 Å². The van der Waals surface area contributed by atoms with Gasteiger partial charge in [-0.3, -0.25) is 4.79 Å². The largest absolute Gasteiger partial charge is 0.492 e. The van der Waals surface area contributed by atoms with Crippen molar-refractivity contribution >= 4 is 17.5 Å². The van der Waals surface area contributed by atoms with Gasteiger partial charge in [-0.25, -0.2) is 0 Å². The SMILES string of the molecule is NCCN1CCC(NC(=O)c2cc(Cl)cc3c2OCCC3)CC1. The fraction of sp³-hybridized carbons (Fsp3) is 0.588. The van der Waals surface area contributed by atoms with Crippen LogP contribution in [0.15, 0.2) is 12.1 Å². The zero-order chi connectivity index (χ0) is 16.2. The van der Waals surface area contributed by atoms with E-state index in [4.69, 9.17) is 22.1 Å². The molecular weight excluding hydrogens is 314 g/mol. The number of carbonyl (C=O) groups excluding carboxylic acids is 1. The van der Waals surface area contributed by atoms with Gasteiger partial charge in [-0.05, 0) is 43.4 Å². The zero-order valence-corrected chi connectivity index (χ0v) is 14.1. The third-order valence-corrected chi connectivity index (χ3v) is 4.80. The summed E-state index contributed by atoms with van der Waals surface area (Å²) in [6.45, 7) is 4.23. The molecule has 1 amide bonds. The summed E-state index contributed by atoms with van der Waals surface area (Å²) in [4.78, 5) is 15.0. The van der Waals surface area contributed by atoms with Crippen LogP contribution in [0.1, 0.15) is 35.2 Å². The quantitative estimate of drug-likeness (QED) is 0.879. The number of piperidine rings is 1. The van der Waals surface area contributed by atoms with Crippen molar-refractivity contribution in [2.75, 3.05) is 32.8 Å². The summed E-state index contributed by atoms with van der Waals surface area (Å²) in [5, 5.41) is 3.73. The molecule has 0 spiro atoms. The molecule has 126 valence electrons. The van der Waals surface area contributed by atoms with Crippen LogP contribution in [0.4, 0.5) is 0 Å². The van der Waals surface area contributed by atoms with E-state index in [0.717, 1.165) is 50.9 Å². The molecule has 3 N–H and O–H groups in total. The molecule has 6 heteroatoms. The van der Waals surface area contributed by atoms with E-state index in [9.17, 15) is 4.79 Å². The highest BCUT2D eigenvalue weighted by molar-refractivity contribution is 6.31. The number of nitrogens with one attached hydrogen (secondary N) is 1. The van der Waals surface area contributed by atoms with Gasteiger partial charge in [-0.1, -0.05) is 11.6 Å². The lowest BCUT2D eigenvalue weighted by atomic mass is 10.0. The van der Waals surface area contributed by atoms with Crippen molar-refractivity contribution in [3.8, 4) is 5.75 Å². The number of carbonyl (C=O) groups is 1. The Hall–Kier alpha value is -1.30. The van der Waals surface area contributed by atoms with Crippen molar-refractivity contribution in [2.45, 2.75) is 31.7 Å². The van der Waals surface area contributed by atoms with Gasteiger partial charge in [-0.2, -0.15) is 0 Å². The number of nitrogens with zero attached hydrogens (tertiary/aromatic N) is 1. The highest BCUT2D eigenvalue weighted by Crippen LogP contribution is 2.32. The monoisotopic (exact) mass is 337 g/mol. The summed E-state index contributed by atoms with van der Waals surface area (Å²) in [5.74, 6) is 0.627. The third-order valence-electron chi connectivity index (χ3n) is 4.58.